The van der Waals surface area contributed by atoms with Gasteiger partial charge in [0.05, 0.1) is 39.9 Å². The average Bonchev–Trinajstić information content (AvgIpc) is 3.32. The van der Waals surface area contributed by atoms with Crippen molar-refractivity contribution in [3.8, 4) is 0 Å². The van der Waals surface area contributed by atoms with Gasteiger partial charge in [-0.05, 0) is 96.3 Å². The van der Waals surface area contributed by atoms with Gasteiger partial charge < -0.3 is 28.8 Å². The summed E-state index contributed by atoms with van der Waals surface area (Å²) in [5.74, 6) is -0.224. The fraction of sp³-hybridized carbons (Fsp3) is 0.689. The van der Waals surface area contributed by atoms with Crippen molar-refractivity contribution in [3.05, 3.63) is 109 Å². The normalized spacial score (nSPS) is 14.8. The summed E-state index contributed by atoms with van der Waals surface area (Å²) < 4.78 is 23.3. The van der Waals surface area contributed by atoms with Crippen LogP contribution in [0.4, 0.5) is 0 Å². The molecule has 3 unspecified atom stereocenters. The average molecular weight is 996 g/mol. The molecule has 0 fully saturated rings. The van der Waals surface area contributed by atoms with Crippen LogP contribution < -0.4 is 10.2 Å². The van der Waals surface area contributed by atoms with E-state index in [1.165, 1.54) is 103 Å². The topological polar surface area (TPSA) is 108 Å². The summed E-state index contributed by atoms with van der Waals surface area (Å²) in [6, 6.07) is -0.923. The number of carbonyl (C=O) groups is 1. The molecule has 0 aromatic carbocycles. The van der Waals surface area contributed by atoms with Crippen LogP contribution in [0.2, 0.25) is 0 Å². The second-order valence-corrected chi connectivity index (χ2v) is 21.3. The van der Waals surface area contributed by atoms with E-state index in [1.54, 1.807) is 6.08 Å². The number of allylic oxidation sites excluding steroid dienone is 17. The largest absolute Gasteiger partial charge is 0.756 e. The Kier molecular flexibility index (Phi) is 49.0. The predicted octanol–water partition coefficient (Wildman–Crippen LogP) is 16.6. The number of carbonyl (C=O) groups excluding carboxylic acids is 1. The fourth-order valence-electron chi connectivity index (χ4n) is 7.54. The summed E-state index contributed by atoms with van der Waals surface area (Å²) in [4.78, 5) is 25.5. The zero-order valence-electron chi connectivity index (χ0n) is 45.7. The van der Waals surface area contributed by atoms with Crippen molar-refractivity contribution in [1.82, 2.24) is 5.32 Å². The second kappa shape index (κ2) is 51.1. The Morgan fingerprint density at radius 1 is 0.514 bits per heavy atom. The van der Waals surface area contributed by atoms with Crippen LogP contribution in [-0.2, 0) is 18.4 Å². The van der Waals surface area contributed by atoms with E-state index in [0.717, 1.165) is 96.3 Å². The summed E-state index contributed by atoms with van der Waals surface area (Å²) in [6.45, 7) is 4.49. The van der Waals surface area contributed by atoms with Gasteiger partial charge in [0, 0.05) is 6.42 Å². The van der Waals surface area contributed by atoms with E-state index in [-0.39, 0.29) is 12.5 Å². The highest BCUT2D eigenvalue weighted by atomic mass is 31.2. The highest BCUT2D eigenvalue weighted by Crippen LogP contribution is 2.38. The van der Waals surface area contributed by atoms with Crippen molar-refractivity contribution in [1.29, 1.82) is 0 Å². The minimum Gasteiger partial charge on any atom is -0.756 e. The molecule has 0 radical (unpaired) electrons. The number of phosphoric acid groups is 1. The number of rotatable bonds is 50. The Morgan fingerprint density at radius 2 is 0.886 bits per heavy atom. The number of likely N-dealkylation sites (N-methyl/N-ethyl adjacent to an activating group) is 1. The Bertz CT molecular complexity index is 1500. The van der Waals surface area contributed by atoms with Crippen LogP contribution in [0.1, 0.15) is 219 Å². The van der Waals surface area contributed by atoms with Gasteiger partial charge in [0.2, 0.25) is 5.91 Å². The summed E-state index contributed by atoms with van der Waals surface area (Å²) >= 11 is 0. The van der Waals surface area contributed by atoms with Crippen molar-refractivity contribution in [2.24, 2.45) is 0 Å². The molecule has 8 nitrogen and oxygen atoms in total. The molecule has 1 amide bonds. The fourth-order valence-corrected chi connectivity index (χ4v) is 8.26. The molecule has 0 aromatic heterocycles. The van der Waals surface area contributed by atoms with E-state index in [2.05, 4.69) is 116 Å². The SMILES string of the molecule is CC/C=C\C/C=C\C/C=C\C/C=C\C/C=C\C/C=C\CCCCCCCCCCC(=O)NC(COP(=O)([O-])OCC[N+](C)(C)C)C(O)/C=C/CC/C=C/CC/C=C/CCCCCCCCCCCCC. The summed E-state index contributed by atoms with van der Waals surface area (Å²) in [7, 11) is 1.21. The molecule has 0 bridgehead atoms. The Hall–Kier alpha value is -2.84. The maximum absolute atomic E-state index is 13.0. The number of amides is 1. The molecule has 0 saturated heterocycles. The quantitative estimate of drug-likeness (QED) is 0.0272. The molecule has 70 heavy (non-hydrogen) atoms. The lowest BCUT2D eigenvalue weighted by molar-refractivity contribution is -0.870. The summed E-state index contributed by atoms with van der Waals surface area (Å²) in [6.07, 6.45) is 74.4. The minimum atomic E-state index is -4.62. The molecule has 3 atom stereocenters. The standard InChI is InChI=1S/C61H107N2O6P/c1-6-8-10-12-14-16-18-20-22-24-26-28-29-30-31-32-33-35-37-39-41-43-45-47-49-51-53-55-61(65)62-59(58-69-70(66,67)68-57-56-63(3,4)5)60(64)54-52-50-48-46-44-42-40-38-36-34-27-25-23-21-19-17-15-13-11-9-7-2/h8,10,14,16,20,22,26,28,30-31,33,35-36,38,44,46,52,54,59-60,64H,6-7,9,11-13,15,17-19,21,23-25,27,29,32,34,37,39-43,45,47-51,53,55-58H2,1-5H3,(H-,62,65,66,67)/b10-8-,16-14-,22-20-,28-26-,31-30-,35-33-,38-36+,46-44+,54-52+. The van der Waals surface area contributed by atoms with E-state index in [4.69, 9.17) is 9.05 Å². The molecule has 0 aliphatic heterocycles. The number of hydrogen-bond donors (Lipinski definition) is 2. The third kappa shape index (κ3) is 53.0. The van der Waals surface area contributed by atoms with E-state index < -0.39 is 26.6 Å². The van der Waals surface area contributed by atoms with Crippen molar-refractivity contribution in [3.63, 3.8) is 0 Å². The number of hydrogen-bond acceptors (Lipinski definition) is 6. The van der Waals surface area contributed by atoms with Gasteiger partial charge in [-0.3, -0.25) is 9.36 Å². The Balaban J connectivity index is 4.35. The van der Waals surface area contributed by atoms with Crippen molar-refractivity contribution in [2.75, 3.05) is 40.9 Å². The molecule has 9 heteroatoms. The van der Waals surface area contributed by atoms with Crippen LogP contribution in [0.3, 0.4) is 0 Å². The number of aliphatic hydroxyl groups excluding tert-OH is 1. The summed E-state index contributed by atoms with van der Waals surface area (Å²) in [5.41, 5.74) is 0. The van der Waals surface area contributed by atoms with Gasteiger partial charge in [0.25, 0.3) is 7.82 Å². The van der Waals surface area contributed by atoms with Crippen LogP contribution >= 0.6 is 7.82 Å². The maximum Gasteiger partial charge on any atom is 0.268 e. The molecular weight excluding hydrogens is 888 g/mol. The van der Waals surface area contributed by atoms with Crippen LogP contribution in [0.5, 0.6) is 0 Å². The molecule has 0 heterocycles. The number of aliphatic hydroxyl groups is 1. The van der Waals surface area contributed by atoms with E-state index in [0.29, 0.717) is 17.4 Å². The third-order valence-corrected chi connectivity index (χ3v) is 12.9. The molecule has 0 aliphatic rings. The number of phosphoric ester groups is 1. The van der Waals surface area contributed by atoms with Crippen LogP contribution in [0, 0.1) is 0 Å². The zero-order valence-corrected chi connectivity index (χ0v) is 46.6. The Labute approximate surface area is 431 Å². The van der Waals surface area contributed by atoms with Crippen molar-refractivity contribution >= 4 is 13.7 Å². The first-order valence-corrected chi connectivity index (χ1v) is 29.7. The second-order valence-electron chi connectivity index (χ2n) is 19.9. The van der Waals surface area contributed by atoms with Crippen molar-refractivity contribution < 1.29 is 32.9 Å². The third-order valence-electron chi connectivity index (χ3n) is 11.9. The van der Waals surface area contributed by atoms with Gasteiger partial charge in [-0.2, -0.15) is 0 Å². The molecule has 2 N–H and O–H groups in total. The lowest BCUT2D eigenvalue weighted by Crippen LogP contribution is -2.45. The van der Waals surface area contributed by atoms with Crippen molar-refractivity contribution in [2.45, 2.75) is 231 Å². The molecule has 402 valence electrons. The first-order chi connectivity index (χ1) is 34.0. The highest BCUT2D eigenvalue weighted by Gasteiger charge is 2.23. The van der Waals surface area contributed by atoms with E-state index in [9.17, 15) is 19.4 Å². The number of nitrogens with one attached hydrogen (secondary N) is 1. The smallest absolute Gasteiger partial charge is 0.268 e. The number of quaternary nitrogens is 1. The van der Waals surface area contributed by atoms with E-state index in [1.807, 2.05) is 27.2 Å². The molecule has 0 aromatic rings. The molecule has 0 spiro atoms. The lowest BCUT2D eigenvalue weighted by Gasteiger charge is -2.29. The van der Waals surface area contributed by atoms with Gasteiger partial charge in [-0.1, -0.05) is 226 Å². The molecule has 0 rings (SSSR count). The molecule has 0 saturated carbocycles. The van der Waals surface area contributed by atoms with Gasteiger partial charge in [-0.25, -0.2) is 0 Å². The molecular formula is C61H107N2O6P. The minimum absolute atomic E-state index is 0.0165. The van der Waals surface area contributed by atoms with Gasteiger partial charge >= 0.3 is 0 Å². The maximum atomic E-state index is 13.0. The van der Waals surface area contributed by atoms with Gasteiger partial charge in [-0.15, -0.1) is 0 Å². The zero-order chi connectivity index (χ0) is 51.3. The lowest BCUT2D eigenvalue weighted by atomic mass is 10.1. The van der Waals surface area contributed by atoms with E-state index >= 15 is 0 Å². The van der Waals surface area contributed by atoms with Gasteiger partial charge in [0.15, 0.2) is 0 Å². The first kappa shape index (κ1) is 67.2. The van der Waals surface area contributed by atoms with Crippen LogP contribution in [0.15, 0.2) is 109 Å². The number of nitrogens with zero attached hydrogens (tertiary/aromatic N) is 1. The van der Waals surface area contributed by atoms with Gasteiger partial charge in [0.1, 0.15) is 13.2 Å². The first-order valence-electron chi connectivity index (χ1n) is 28.2. The summed E-state index contributed by atoms with van der Waals surface area (Å²) in [5, 5.41) is 13.8. The Morgan fingerprint density at radius 3 is 1.33 bits per heavy atom. The number of unbranched alkanes of at least 4 members (excludes halogenated alkanes) is 21. The monoisotopic (exact) mass is 995 g/mol. The van der Waals surface area contributed by atoms with Crippen LogP contribution in [-0.4, -0.2) is 68.5 Å². The molecule has 0 aliphatic carbocycles. The predicted molar refractivity (Wildman–Crippen MR) is 302 cm³/mol. The van der Waals surface area contributed by atoms with Crippen LogP contribution in [0.25, 0.3) is 0 Å². The highest BCUT2D eigenvalue weighted by molar-refractivity contribution is 7.45.